The van der Waals surface area contributed by atoms with E-state index in [1.54, 1.807) is 13.8 Å². The second kappa shape index (κ2) is 9.70. The number of ether oxygens (including phenoxy) is 2. The number of aliphatic carboxylic acids is 1. The van der Waals surface area contributed by atoms with Crippen LogP contribution in [0, 0.1) is 5.92 Å². The van der Waals surface area contributed by atoms with Crippen LogP contribution in [0.5, 0.6) is 0 Å². The van der Waals surface area contributed by atoms with Crippen molar-refractivity contribution < 1.29 is 29.0 Å². The number of hydrogen-bond donors (Lipinski definition) is 2. The Labute approximate surface area is 205 Å². The fourth-order valence-electron chi connectivity index (χ4n) is 5.05. The maximum absolute atomic E-state index is 13.4. The van der Waals surface area contributed by atoms with Crippen molar-refractivity contribution in [3.63, 3.8) is 0 Å². The minimum atomic E-state index is -1.15. The minimum Gasteiger partial charge on any atom is -0.480 e. The van der Waals surface area contributed by atoms with Gasteiger partial charge < -0.3 is 19.9 Å². The Kier molecular flexibility index (Phi) is 6.85. The highest BCUT2D eigenvalue weighted by atomic mass is 16.6. The van der Waals surface area contributed by atoms with Crippen LogP contribution in [0.1, 0.15) is 51.2 Å². The molecule has 2 aliphatic rings. The van der Waals surface area contributed by atoms with Crippen LogP contribution in [-0.4, -0.2) is 59.0 Å². The molecule has 1 aliphatic carbocycles. The van der Waals surface area contributed by atoms with Crippen LogP contribution in [0.25, 0.3) is 11.1 Å². The van der Waals surface area contributed by atoms with E-state index in [4.69, 9.17) is 9.47 Å². The van der Waals surface area contributed by atoms with Gasteiger partial charge in [-0.15, -0.1) is 0 Å². The molecule has 2 N–H and O–H groups in total. The minimum absolute atomic E-state index is 0.0766. The maximum Gasteiger partial charge on any atom is 0.407 e. The molecule has 2 aromatic rings. The Bertz CT molecular complexity index is 1080. The number of fused-ring (bicyclic) bond motifs is 3. The summed E-state index contributed by atoms with van der Waals surface area (Å²) in [5.74, 6) is -1.67. The van der Waals surface area contributed by atoms with Crippen LogP contribution >= 0.6 is 0 Å². The number of hydrogen-bond acceptors (Lipinski definition) is 5. The highest BCUT2D eigenvalue weighted by Crippen LogP contribution is 2.44. The van der Waals surface area contributed by atoms with Gasteiger partial charge in [0, 0.05) is 5.92 Å². The first-order valence-electron chi connectivity index (χ1n) is 11.9. The Morgan fingerprint density at radius 1 is 1.09 bits per heavy atom. The molecule has 8 nitrogen and oxygen atoms in total. The summed E-state index contributed by atoms with van der Waals surface area (Å²) in [4.78, 5) is 39.3. The lowest BCUT2D eigenvalue weighted by molar-refractivity contribution is -0.157. The van der Waals surface area contributed by atoms with E-state index in [9.17, 15) is 19.5 Å². The molecule has 2 aromatic carbocycles. The van der Waals surface area contributed by atoms with E-state index in [1.807, 2.05) is 50.2 Å². The molecule has 2 atom stereocenters. The van der Waals surface area contributed by atoms with Crippen molar-refractivity contribution >= 4 is 18.0 Å². The average molecular weight is 481 g/mol. The van der Waals surface area contributed by atoms with Crippen molar-refractivity contribution in [1.82, 2.24) is 10.2 Å². The van der Waals surface area contributed by atoms with E-state index in [1.165, 1.54) is 4.90 Å². The molecular formula is C27H32N2O6. The summed E-state index contributed by atoms with van der Waals surface area (Å²) in [5, 5.41) is 12.3. The second-order valence-corrected chi connectivity index (χ2v) is 9.97. The Morgan fingerprint density at radius 3 is 2.20 bits per heavy atom. The van der Waals surface area contributed by atoms with Gasteiger partial charge in [0.25, 0.3) is 0 Å². The second-order valence-electron chi connectivity index (χ2n) is 9.97. The van der Waals surface area contributed by atoms with Gasteiger partial charge in [-0.1, -0.05) is 62.4 Å². The largest absolute Gasteiger partial charge is 0.480 e. The van der Waals surface area contributed by atoms with Gasteiger partial charge >= 0.3 is 12.1 Å². The zero-order valence-corrected chi connectivity index (χ0v) is 20.5. The summed E-state index contributed by atoms with van der Waals surface area (Å²) in [6.45, 7) is 7.17. The van der Waals surface area contributed by atoms with Gasteiger partial charge in [-0.3, -0.25) is 9.69 Å². The van der Waals surface area contributed by atoms with E-state index in [2.05, 4.69) is 17.4 Å². The fraction of sp³-hybridized carbons (Fsp3) is 0.444. The summed E-state index contributed by atoms with van der Waals surface area (Å²) in [6, 6.07) is 14.0. The van der Waals surface area contributed by atoms with Gasteiger partial charge in [0.1, 0.15) is 18.4 Å². The lowest BCUT2D eigenvalue weighted by atomic mass is 9.98. The first-order chi connectivity index (χ1) is 16.6. The average Bonchev–Trinajstić information content (AvgIpc) is 3.30. The van der Waals surface area contributed by atoms with Gasteiger partial charge in [0.05, 0.1) is 6.61 Å². The lowest BCUT2D eigenvalue weighted by Gasteiger charge is -2.35. The van der Waals surface area contributed by atoms with E-state index in [0.717, 1.165) is 22.3 Å². The molecule has 186 valence electrons. The van der Waals surface area contributed by atoms with Crippen molar-refractivity contribution in [1.29, 1.82) is 0 Å². The summed E-state index contributed by atoms with van der Waals surface area (Å²) >= 11 is 0. The van der Waals surface area contributed by atoms with Crippen LogP contribution in [0.4, 0.5) is 4.79 Å². The van der Waals surface area contributed by atoms with Crippen molar-refractivity contribution in [3.05, 3.63) is 59.7 Å². The first kappa shape index (κ1) is 24.7. The van der Waals surface area contributed by atoms with Crippen molar-refractivity contribution in [2.45, 2.75) is 57.8 Å². The van der Waals surface area contributed by atoms with Gasteiger partial charge in [-0.05, 0) is 48.4 Å². The molecule has 4 rings (SSSR count). The molecule has 1 aliphatic heterocycles. The predicted octanol–water partition coefficient (Wildman–Crippen LogP) is 3.99. The van der Waals surface area contributed by atoms with E-state index in [-0.39, 0.29) is 25.0 Å². The van der Waals surface area contributed by atoms with E-state index >= 15 is 0 Å². The molecule has 1 fully saturated rings. The van der Waals surface area contributed by atoms with E-state index in [0.29, 0.717) is 6.42 Å². The maximum atomic E-state index is 13.4. The highest BCUT2D eigenvalue weighted by Gasteiger charge is 2.49. The molecular weight excluding hydrogens is 448 g/mol. The molecule has 1 heterocycles. The number of benzene rings is 2. The third kappa shape index (κ3) is 4.89. The van der Waals surface area contributed by atoms with Crippen LogP contribution in [0.2, 0.25) is 0 Å². The fourth-order valence-corrected chi connectivity index (χ4v) is 5.05. The van der Waals surface area contributed by atoms with Crippen LogP contribution in [-0.2, 0) is 19.1 Å². The number of carboxylic acid groups (broad SMARTS) is 1. The molecule has 0 aromatic heterocycles. The number of nitrogens with zero attached hydrogens (tertiary/aromatic N) is 1. The number of carbonyl (C=O) groups excluding carboxylic acids is 2. The quantitative estimate of drug-likeness (QED) is 0.621. The molecule has 1 saturated heterocycles. The smallest absolute Gasteiger partial charge is 0.407 e. The number of alkyl carbamates (subject to hydrolysis) is 1. The number of carbonyl (C=O) groups is 3. The number of carboxylic acids is 1. The topological polar surface area (TPSA) is 105 Å². The number of nitrogens with one attached hydrogen (secondary N) is 1. The van der Waals surface area contributed by atoms with Crippen molar-refractivity contribution in [2.24, 2.45) is 5.92 Å². The summed E-state index contributed by atoms with van der Waals surface area (Å²) in [5.41, 5.74) is 3.34. The van der Waals surface area contributed by atoms with Crippen molar-refractivity contribution in [2.75, 3.05) is 13.2 Å². The molecule has 35 heavy (non-hydrogen) atoms. The lowest BCUT2D eigenvalue weighted by Crippen LogP contribution is -2.58. The summed E-state index contributed by atoms with van der Waals surface area (Å²) in [7, 11) is 0. The molecule has 0 saturated carbocycles. The standard InChI is InChI=1S/C27H32N2O6/c1-16(2)13-22(24(30)29-23(25(31)32)15-35-27(29,3)4)28-26(33)34-14-21-19-11-7-5-9-17(19)18-10-6-8-12-20(18)21/h5-12,16,21-23H,13-15H2,1-4H3,(H,28,33)(H,31,32)/t22-,23+/m1/s1. The molecule has 0 bridgehead atoms. The third-order valence-electron chi connectivity index (χ3n) is 6.65. The predicted molar refractivity (Wildman–Crippen MR) is 130 cm³/mol. The van der Waals surface area contributed by atoms with Gasteiger partial charge in [-0.2, -0.15) is 0 Å². The molecule has 0 radical (unpaired) electrons. The first-order valence-corrected chi connectivity index (χ1v) is 11.9. The Balaban J connectivity index is 1.48. The Hall–Kier alpha value is -3.39. The van der Waals surface area contributed by atoms with Crippen LogP contribution < -0.4 is 5.32 Å². The zero-order valence-electron chi connectivity index (χ0n) is 20.5. The number of amides is 2. The van der Waals surface area contributed by atoms with Crippen molar-refractivity contribution in [3.8, 4) is 11.1 Å². The van der Waals surface area contributed by atoms with E-state index < -0.39 is 35.8 Å². The molecule has 2 amide bonds. The van der Waals surface area contributed by atoms with Crippen LogP contribution in [0.3, 0.4) is 0 Å². The molecule has 0 unspecified atom stereocenters. The summed E-state index contributed by atoms with van der Waals surface area (Å²) < 4.78 is 11.2. The normalized spacial score (nSPS) is 19.2. The molecule has 0 spiro atoms. The van der Waals surface area contributed by atoms with Gasteiger partial charge in [0.15, 0.2) is 6.04 Å². The highest BCUT2D eigenvalue weighted by molar-refractivity contribution is 5.90. The monoisotopic (exact) mass is 480 g/mol. The van der Waals surface area contributed by atoms with Gasteiger partial charge in [0.2, 0.25) is 5.91 Å². The van der Waals surface area contributed by atoms with Crippen LogP contribution in [0.15, 0.2) is 48.5 Å². The summed E-state index contributed by atoms with van der Waals surface area (Å²) in [6.07, 6.45) is -0.377. The number of rotatable bonds is 7. The molecule has 8 heteroatoms. The van der Waals surface area contributed by atoms with Gasteiger partial charge in [-0.25, -0.2) is 9.59 Å². The zero-order chi connectivity index (χ0) is 25.3. The SMILES string of the molecule is CC(C)C[C@@H](NC(=O)OCC1c2ccccc2-c2ccccc21)C(=O)N1[C@H](C(=O)O)COC1(C)C. The Morgan fingerprint density at radius 2 is 1.66 bits per heavy atom. The third-order valence-corrected chi connectivity index (χ3v) is 6.65.